The summed E-state index contributed by atoms with van der Waals surface area (Å²) < 4.78 is 5.38. The Kier molecular flexibility index (Phi) is 8.63. The Hall–Kier alpha value is -3.95. The van der Waals surface area contributed by atoms with Gasteiger partial charge in [-0.25, -0.2) is 4.79 Å². The van der Waals surface area contributed by atoms with Crippen molar-refractivity contribution in [3.63, 3.8) is 0 Å². The van der Waals surface area contributed by atoms with Crippen LogP contribution in [-0.4, -0.2) is 57.9 Å². The lowest BCUT2D eigenvalue weighted by atomic mass is 10.0. The standard InChI is InChI=1S/C26H34N6O4/c1-26(2,3)36-25(35)31-20(14-17-8-5-4-6-9-17)24(34)32-13-7-10-21(32)23(33)30-16-18-11-12-19(22(27)28)29-15-18/h4-6,8-9,11-12,15,20-21H,7,10,13-14,16H2,1-3H3,(H3,27,28)(H,30,33)(H,31,35)/t20-,21+/m1/s1. The van der Waals surface area contributed by atoms with E-state index in [0.29, 0.717) is 25.1 Å². The Morgan fingerprint density at radius 2 is 1.89 bits per heavy atom. The number of nitrogens with one attached hydrogen (secondary N) is 3. The van der Waals surface area contributed by atoms with Crippen LogP contribution in [0.5, 0.6) is 0 Å². The zero-order valence-corrected chi connectivity index (χ0v) is 20.9. The van der Waals surface area contributed by atoms with Gasteiger partial charge in [-0.3, -0.25) is 20.0 Å². The first-order valence-electron chi connectivity index (χ1n) is 11.9. The quantitative estimate of drug-likeness (QED) is 0.326. The number of pyridine rings is 1. The van der Waals surface area contributed by atoms with Crippen molar-refractivity contribution in [3.8, 4) is 0 Å². The minimum Gasteiger partial charge on any atom is -0.444 e. The fourth-order valence-corrected chi connectivity index (χ4v) is 4.00. The lowest BCUT2D eigenvalue weighted by molar-refractivity contribution is -0.140. The number of ether oxygens (including phenoxy) is 1. The first-order chi connectivity index (χ1) is 17.0. The average Bonchev–Trinajstić information content (AvgIpc) is 3.31. The number of nitrogens with two attached hydrogens (primary N) is 1. The highest BCUT2D eigenvalue weighted by Crippen LogP contribution is 2.20. The molecule has 2 heterocycles. The third kappa shape index (κ3) is 7.53. The molecular formula is C26H34N6O4. The summed E-state index contributed by atoms with van der Waals surface area (Å²) in [5.41, 5.74) is 6.71. The number of carbonyl (C=O) groups excluding carboxylic acids is 3. The van der Waals surface area contributed by atoms with Crippen molar-refractivity contribution >= 4 is 23.7 Å². The van der Waals surface area contributed by atoms with Crippen LogP contribution in [0.4, 0.5) is 4.79 Å². The second kappa shape index (κ2) is 11.7. The first-order valence-corrected chi connectivity index (χ1v) is 11.9. The van der Waals surface area contributed by atoms with Gasteiger partial charge in [0.05, 0.1) is 0 Å². The maximum absolute atomic E-state index is 13.6. The molecule has 10 nitrogen and oxygen atoms in total. The predicted octanol–water partition coefficient (Wildman–Crippen LogP) is 2.11. The summed E-state index contributed by atoms with van der Waals surface area (Å²) in [6.07, 6.45) is 2.36. The summed E-state index contributed by atoms with van der Waals surface area (Å²) in [7, 11) is 0. The van der Waals surface area contributed by atoms with E-state index in [1.807, 2.05) is 30.3 Å². The topological polar surface area (TPSA) is 150 Å². The van der Waals surface area contributed by atoms with Crippen LogP contribution in [0.2, 0.25) is 0 Å². The normalized spacial score (nSPS) is 16.2. The molecule has 0 aliphatic carbocycles. The van der Waals surface area contributed by atoms with Gasteiger partial charge >= 0.3 is 6.09 Å². The van der Waals surface area contributed by atoms with E-state index >= 15 is 0 Å². The summed E-state index contributed by atoms with van der Waals surface area (Å²) in [6, 6.07) is 11.2. The summed E-state index contributed by atoms with van der Waals surface area (Å²) >= 11 is 0. The van der Waals surface area contributed by atoms with Gasteiger partial charge in [-0.05, 0) is 50.8 Å². The highest BCUT2D eigenvalue weighted by Gasteiger charge is 2.38. The molecule has 192 valence electrons. The van der Waals surface area contributed by atoms with Gasteiger partial charge in [0, 0.05) is 25.7 Å². The van der Waals surface area contributed by atoms with Crippen LogP contribution in [0.25, 0.3) is 0 Å². The third-order valence-corrected chi connectivity index (χ3v) is 5.68. The monoisotopic (exact) mass is 494 g/mol. The second-order valence-electron chi connectivity index (χ2n) is 9.76. The van der Waals surface area contributed by atoms with Crippen LogP contribution in [0.1, 0.15) is 50.4 Å². The Morgan fingerprint density at radius 3 is 2.50 bits per heavy atom. The number of carbonyl (C=O) groups is 3. The van der Waals surface area contributed by atoms with Gasteiger partial charge in [-0.2, -0.15) is 0 Å². The number of aromatic nitrogens is 1. The lowest BCUT2D eigenvalue weighted by Crippen LogP contribution is -2.54. The first kappa shape index (κ1) is 26.7. The number of amides is 3. The Morgan fingerprint density at radius 1 is 1.17 bits per heavy atom. The van der Waals surface area contributed by atoms with Gasteiger partial charge in [0.15, 0.2) is 0 Å². The fraction of sp³-hybridized carbons (Fsp3) is 0.423. The molecular weight excluding hydrogens is 460 g/mol. The van der Waals surface area contributed by atoms with Crippen LogP contribution in [-0.2, 0) is 27.3 Å². The van der Waals surface area contributed by atoms with E-state index in [9.17, 15) is 14.4 Å². The molecule has 3 rings (SSSR count). The molecule has 5 N–H and O–H groups in total. The molecule has 0 spiro atoms. The number of hydrogen-bond donors (Lipinski definition) is 4. The van der Waals surface area contributed by atoms with Gasteiger partial charge in [-0.15, -0.1) is 0 Å². The Balaban J connectivity index is 1.69. The predicted molar refractivity (Wildman–Crippen MR) is 135 cm³/mol. The SMILES string of the molecule is CC(C)(C)OC(=O)N[C@H](Cc1ccccc1)C(=O)N1CCC[C@H]1C(=O)NCc1ccc(C(=N)N)nc1. The smallest absolute Gasteiger partial charge is 0.408 e. The number of amidine groups is 1. The minimum atomic E-state index is -0.876. The minimum absolute atomic E-state index is 0.129. The zero-order chi connectivity index (χ0) is 26.3. The van der Waals surface area contributed by atoms with Crippen LogP contribution in [0.3, 0.4) is 0 Å². The van der Waals surface area contributed by atoms with Gasteiger partial charge in [0.2, 0.25) is 11.8 Å². The van der Waals surface area contributed by atoms with Crippen molar-refractivity contribution in [2.45, 2.75) is 64.3 Å². The van der Waals surface area contributed by atoms with Crippen LogP contribution >= 0.6 is 0 Å². The van der Waals surface area contributed by atoms with E-state index in [1.54, 1.807) is 39.1 Å². The number of nitrogen functional groups attached to an aromatic ring is 1. The largest absolute Gasteiger partial charge is 0.444 e. The highest BCUT2D eigenvalue weighted by atomic mass is 16.6. The molecule has 0 bridgehead atoms. The van der Waals surface area contributed by atoms with E-state index in [-0.39, 0.29) is 30.6 Å². The zero-order valence-electron chi connectivity index (χ0n) is 20.9. The number of hydrogen-bond acceptors (Lipinski definition) is 6. The van der Waals surface area contributed by atoms with Crippen molar-refractivity contribution in [1.82, 2.24) is 20.5 Å². The van der Waals surface area contributed by atoms with Crippen molar-refractivity contribution in [2.24, 2.45) is 5.73 Å². The van der Waals surface area contributed by atoms with E-state index in [1.165, 1.54) is 4.90 Å². The number of benzene rings is 1. The summed E-state index contributed by atoms with van der Waals surface area (Å²) in [5, 5.41) is 13.0. The van der Waals surface area contributed by atoms with Crippen molar-refractivity contribution < 1.29 is 19.1 Å². The third-order valence-electron chi connectivity index (χ3n) is 5.68. The maximum Gasteiger partial charge on any atom is 0.408 e. The number of alkyl carbamates (subject to hydrolysis) is 1. The van der Waals surface area contributed by atoms with E-state index in [2.05, 4.69) is 15.6 Å². The van der Waals surface area contributed by atoms with Crippen LogP contribution < -0.4 is 16.4 Å². The summed E-state index contributed by atoms with van der Waals surface area (Å²) in [6.45, 7) is 5.92. The number of likely N-dealkylation sites (tertiary alicyclic amines) is 1. The molecule has 2 atom stereocenters. The molecule has 1 saturated heterocycles. The fourth-order valence-electron chi connectivity index (χ4n) is 4.00. The molecule has 1 fully saturated rings. The molecule has 2 aromatic rings. The molecule has 1 aliphatic rings. The molecule has 0 radical (unpaired) electrons. The Labute approximate surface area is 211 Å². The van der Waals surface area contributed by atoms with Gasteiger partial charge in [0.25, 0.3) is 0 Å². The second-order valence-corrected chi connectivity index (χ2v) is 9.76. The molecule has 0 saturated carbocycles. The number of nitrogens with zero attached hydrogens (tertiary/aromatic N) is 2. The van der Waals surface area contributed by atoms with E-state index < -0.39 is 23.8 Å². The van der Waals surface area contributed by atoms with Crippen molar-refractivity contribution in [2.75, 3.05) is 6.54 Å². The van der Waals surface area contributed by atoms with Crippen molar-refractivity contribution in [3.05, 3.63) is 65.5 Å². The molecule has 1 aromatic heterocycles. The molecule has 1 aliphatic heterocycles. The van der Waals surface area contributed by atoms with Gasteiger partial charge < -0.3 is 26.0 Å². The highest BCUT2D eigenvalue weighted by molar-refractivity contribution is 5.93. The van der Waals surface area contributed by atoms with Gasteiger partial charge in [0.1, 0.15) is 29.2 Å². The van der Waals surface area contributed by atoms with Crippen molar-refractivity contribution in [1.29, 1.82) is 5.41 Å². The summed E-state index contributed by atoms with van der Waals surface area (Å²) in [4.78, 5) is 44.7. The lowest BCUT2D eigenvalue weighted by Gasteiger charge is -2.29. The van der Waals surface area contributed by atoms with Crippen LogP contribution in [0, 0.1) is 5.41 Å². The Bertz CT molecular complexity index is 1080. The van der Waals surface area contributed by atoms with Crippen LogP contribution in [0.15, 0.2) is 48.7 Å². The van der Waals surface area contributed by atoms with E-state index in [0.717, 1.165) is 11.1 Å². The van der Waals surface area contributed by atoms with E-state index in [4.69, 9.17) is 15.9 Å². The molecule has 1 aromatic carbocycles. The maximum atomic E-state index is 13.6. The van der Waals surface area contributed by atoms with Gasteiger partial charge in [-0.1, -0.05) is 36.4 Å². The average molecular weight is 495 g/mol. The summed E-state index contributed by atoms with van der Waals surface area (Å²) in [5.74, 6) is -0.724. The molecule has 36 heavy (non-hydrogen) atoms. The number of rotatable bonds is 8. The molecule has 0 unspecified atom stereocenters. The molecule has 10 heteroatoms. The molecule has 3 amide bonds.